The fraction of sp³-hybridized carbons (Fsp3) is 0.522. The summed E-state index contributed by atoms with van der Waals surface area (Å²) in [5.74, 6) is -0.568. The number of nitrogens with one attached hydrogen (secondary N) is 1. The number of nitrogens with zero attached hydrogens (tertiary/aromatic N) is 3. The van der Waals surface area contributed by atoms with Crippen molar-refractivity contribution in [2.45, 2.75) is 54.7 Å². The van der Waals surface area contributed by atoms with E-state index in [1.165, 1.54) is 6.20 Å². The average Bonchev–Trinajstić information content (AvgIpc) is 3.45. The summed E-state index contributed by atoms with van der Waals surface area (Å²) >= 11 is 5.89. The molecule has 2 fully saturated rings. The fourth-order valence-electron chi connectivity index (χ4n) is 4.99. The lowest BCUT2D eigenvalue weighted by Crippen LogP contribution is -2.57. The summed E-state index contributed by atoms with van der Waals surface area (Å²) in [7, 11) is -3.59. The normalized spacial score (nSPS) is 20.4. The van der Waals surface area contributed by atoms with Crippen molar-refractivity contribution in [3.05, 3.63) is 52.6 Å². The quantitative estimate of drug-likeness (QED) is 0.563. The van der Waals surface area contributed by atoms with Crippen molar-refractivity contribution in [3.63, 3.8) is 0 Å². The Morgan fingerprint density at radius 3 is 2.41 bits per heavy atom. The number of sulfone groups is 1. The number of carbonyl (C=O) groups excluding carboxylic acids is 2. The maximum atomic E-state index is 13.4. The van der Waals surface area contributed by atoms with E-state index >= 15 is 0 Å². The third kappa shape index (κ3) is 3.63. The number of hydrogen-bond acceptors (Lipinski definition) is 6. The van der Waals surface area contributed by atoms with Crippen LogP contribution in [0.3, 0.4) is 0 Å². The second-order valence-electron chi connectivity index (χ2n) is 9.54. The van der Waals surface area contributed by atoms with E-state index in [-0.39, 0.29) is 30.6 Å². The lowest BCUT2D eigenvalue weighted by molar-refractivity contribution is 0.0697. The van der Waals surface area contributed by atoms with Gasteiger partial charge in [-0.3, -0.25) is 9.59 Å². The molecule has 5 rings (SSSR count). The fourth-order valence-corrected chi connectivity index (χ4v) is 8.00. The van der Waals surface area contributed by atoms with Gasteiger partial charge in [0.2, 0.25) is 0 Å². The highest BCUT2D eigenvalue weighted by atomic mass is 35.5. The standard InChI is InChI=1S/C23H27ClN4O5S/c24-17-4-2-16(3-5-17)12-26-20(30)19-25-13-18-21(31)27(10-11-28(18)19)14-22(8-9-22)34(32,33)23(15-29)6-1-7-23/h2-5,13,29H,1,6-12,14-15H2,(H,26,30). The largest absolute Gasteiger partial charge is 0.395 e. The summed E-state index contributed by atoms with van der Waals surface area (Å²) < 4.78 is 26.4. The molecule has 0 unspecified atom stereocenters. The Kier molecular flexibility index (Phi) is 5.73. The minimum absolute atomic E-state index is 0.110. The molecule has 2 heterocycles. The van der Waals surface area contributed by atoms with Gasteiger partial charge in [-0.2, -0.15) is 0 Å². The SMILES string of the molecule is O=C(NCc1ccc(Cl)cc1)c1ncc2n1CCN(CC1(S(=O)(=O)C3(CO)CCC3)CC1)C2=O. The maximum absolute atomic E-state index is 13.4. The van der Waals surface area contributed by atoms with Gasteiger partial charge in [0.1, 0.15) is 5.69 Å². The van der Waals surface area contributed by atoms with Gasteiger partial charge in [0, 0.05) is 31.2 Å². The van der Waals surface area contributed by atoms with Crippen LogP contribution in [0.5, 0.6) is 0 Å². The van der Waals surface area contributed by atoms with Crippen LogP contribution in [0.4, 0.5) is 0 Å². The van der Waals surface area contributed by atoms with Gasteiger partial charge in [-0.15, -0.1) is 0 Å². The van der Waals surface area contributed by atoms with Crippen LogP contribution in [-0.4, -0.2) is 69.0 Å². The Hall–Kier alpha value is -2.43. The molecule has 0 radical (unpaired) electrons. The smallest absolute Gasteiger partial charge is 0.287 e. The van der Waals surface area contributed by atoms with Gasteiger partial charge in [-0.25, -0.2) is 13.4 Å². The minimum atomic E-state index is -3.59. The molecule has 11 heteroatoms. The third-order valence-electron chi connectivity index (χ3n) is 7.50. The highest BCUT2D eigenvalue weighted by Gasteiger charge is 2.64. The number of aliphatic hydroxyl groups is 1. The summed E-state index contributed by atoms with van der Waals surface area (Å²) in [4.78, 5) is 31.6. The molecule has 0 saturated heterocycles. The summed E-state index contributed by atoms with van der Waals surface area (Å²) in [5, 5.41) is 13.2. The van der Waals surface area contributed by atoms with Gasteiger partial charge in [0.15, 0.2) is 15.7 Å². The number of fused-ring (bicyclic) bond motifs is 1. The van der Waals surface area contributed by atoms with Crippen LogP contribution in [0.15, 0.2) is 30.5 Å². The Bertz CT molecular complexity index is 1230. The second-order valence-corrected chi connectivity index (χ2v) is 12.7. The predicted molar refractivity (Wildman–Crippen MR) is 125 cm³/mol. The van der Waals surface area contributed by atoms with E-state index in [4.69, 9.17) is 11.6 Å². The van der Waals surface area contributed by atoms with E-state index in [2.05, 4.69) is 10.3 Å². The lowest BCUT2D eigenvalue weighted by atomic mass is 9.85. The number of hydrogen-bond donors (Lipinski definition) is 2. The predicted octanol–water partition coefficient (Wildman–Crippen LogP) is 1.78. The summed E-state index contributed by atoms with van der Waals surface area (Å²) in [6.45, 7) is 0.686. The van der Waals surface area contributed by atoms with E-state index in [1.54, 1.807) is 21.6 Å². The number of aliphatic hydroxyl groups excluding tert-OH is 1. The lowest BCUT2D eigenvalue weighted by Gasteiger charge is -2.43. The topological polar surface area (TPSA) is 122 Å². The van der Waals surface area contributed by atoms with Crippen molar-refractivity contribution in [2.24, 2.45) is 0 Å². The van der Waals surface area contributed by atoms with E-state index in [9.17, 15) is 23.1 Å². The number of halogens is 1. The highest BCUT2D eigenvalue weighted by molar-refractivity contribution is 7.94. The molecule has 2 amide bonds. The average molecular weight is 507 g/mol. The van der Waals surface area contributed by atoms with Gasteiger partial charge in [0.25, 0.3) is 11.8 Å². The number of rotatable bonds is 8. The van der Waals surface area contributed by atoms with E-state index in [0.717, 1.165) is 12.0 Å². The summed E-state index contributed by atoms with van der Waals surface area (Å²) in [6, 6.07) is 7.12. The van der Waals surface area contributed by atoms with Crippen molar-refractivity contribution in [3.8, 4) is 0 Å². The Balaban J connectivity index is 1.28. The van der Waals surface area contributed by atoms with Gasteiger partial charge in [0.05, 0.1) is 22.3 Å². The zero-order valence-corrected chi connectivity index (χ0v) is 20.2. The van der Waals surface area contributed by atoms with Crippen LogP contribution in [0.2, 0.25) is 5.02 Å². The highest BCUT2D eigenvalue weighted by Crippen LogP contribution is 2.54. The van der Waals surface area contributed by atoms with Crippen molar-refractivity contribution in [1.82, 2.24) is 19.8 Å². The van der Waals surface area contributed by atoms with Gasteiger partial charge in [-0.1, -0.05) is 30.2 Å². The molecule has 2 aromatic rings. The minimum Gasteiger partial charge on any atom is -0.395 e. The second kappa shape index (κ2) is 8.35. The van der Waals surface area contributed by atoms with Crippen LogP contribution in [-0.2, 0) is 22.9 Å². The molecule has 2 N–H and O–H groups in total. The Labute approximate surface area is 203 Å². The van der Waals surface area contributed by atoms with Gasteiger partial charge < -0.3 is 19.9 Å². The molecule has 34 heavy (non-hydrogen) atoms. The molecule has 2 aliphatic carbocycles. The van der Waals surface area contributed by atoms with Crippen LogP contribution in [0.25, 0.3) is 0 Å². The monoisotopic (exact) mass is 506 g/mol. The number of aromatic nitrogens is 2. The molecular weight excluding hydrogens is 480 g/mol. The van der Waals surface area contributed by atoms with Gasteiger partial charge >= 0.3 is 0 Å². The van der Waals surface area contributed by atoms with Crippen LogP contribution >= 0.6 is 11.6 Å². The summed E-state index contributed by atoms with van der Waals surface area (Å²) in [5.41, 5.74) is 1.16. The molecule has 1 aromatic carbocycles. The first-order valence-electron chi connectivity index (χ1n) is 11.4. The Morgan fingerprint density at radius 2 is 1.82 bits per heavy atom. The molecule has 0 bridgehead atoms. The van der Waals surface area contributed by atoms with E-state index in [0.29, 0.717) is 50.3 Å². The van der Waals surface area contributed by atoms with Gasteiger partial charge in [-0.05, 0) is 43.4 Å². The molecule has 1 aromatic heterocycles. The number of amides is 2. The molecule has 182 valence electrons. The van der Waals surface area contributed by atoms with Crippen molar-refractivity contribution in [1.29, 1.82) is 0 Å². The first-order chi connectivity index (χ1) is 16.2. The zero-order valence-electron chi connectivity index (χ0n) is 18.7. The molecule has 3 aliphatic rings. The van der Waals surface area contributed by atoms with E-state index < -0.39 is 25.2 Å². The molecule has 2 saturated carbocycles. The number of imidazole rings is 1. The van der Waals surface area contributed by atoms with Crippen LogP contribution < -0.4 is 5.32 Å². The maximum Gasteiger partial charge on any atom is 0.287 e. The van der Waals surface area contributed by atoms with Crippen molar-refractivity contribution < 1.29 is 23.1 Å². The molecular formula is C23H27ClN4O5S. The van der Waals surface area contributed by atoms with Crippen LogP contribution in [0, 0.1) is 0 Å². The van der Waals surface area contributed by atoms with Crippen molar-refractivity contribution in [2.75, 3.05) is 19.7 Å². The zero-order chi connectivity index (χ0) is 24.1. The first-order valence-corrected chi connectivity index (χ1v) is 13.3. The number of carbonyl (C=O) groups is 2. The summed E-state index contributed by atoms with van der Waals surface area (Å²) in [6.07, 6.45) is 4.12. The molecule has 9 nitrogen and oxygen atoms in total. The number of benzene rings is 1. The third-order valence-corrected chi connectivity index (χ3v) is 11.1. The molecule has 0 atom stereocenters. The molecule has 0 spiro atoms. The molecule has 1 aliphatic heterocycles. The van der Waals surface area contributed by atoms with E-state index in [1.807, 2.05) is 12.1 Å². The van der Waals surface area contributed by atoms with Crippen LogP contribution in [0.1, 0.15) is 58.8 Å². The Morgan fingerprint density at radius 1 is 1.12 bits per heavy atom. The first kappa shape index (κ1) is 23.3. The van der Waals surface area contributed by atoms with Crippen molar-refractivity contribution >= 4 is 33.3 Å².